The first-order chi connectivity index (χ1) is 3.43. The van der Waals surface area contributed by atoms with Gasteiger partial charge in [0, 0.05) is 0 Å². The molecule has 1 heterocycles. The Bertz CT molecular complexity index is 54.1. The third-order valence-corrected chi connectivity index (χ3v) is 1.03. The largest absolute Gasteiger partial charge is 0.371 e. The van der Waals surface area contributed by atoms with E-state index in [2.05, 4.69) is 4.52 Å². The van der Waals surface area contributed by atoms with Crippen LogP contribution in [0.5, 0.6) is 0 Å². The van der Waals surface area contributed by atoms with E-state index in [4.69, 9.17) is 9.63 Å². The first-order valence-electron chi connectivity index (χ1n) is 2.06. The molecule has 2 unspecified atom stereocenters. The average Bonchev–Trinajstić information content (AvgIpc) is 2.42. The monoisotopic (exact) mass is 122 g/mol. The van der Waals surface area contributed by atoms with E-state index in [1.165, 1.54) is 0 Å². The van der Waals surface area contributed by atoms with Gasteiger partial charge in [0.2, 0.25) is 0 Å². The maximum atomic E-state index is 8.09. The molecular formula is C3H7O3P. The van der Waals surface area contributed by atoms with Gasteiger partial charge in [-0.05, 0) is 0 Å². The third kappa shape index (κ3) is 2.19. The van der Waals surface area contributed by atoms with E-state index >= 15 is 0 Å². The van der Waals surface area contributed by atoms with Gasteiger partial charge in [0.15, 0.2) is 9.03 Å². The molecule has 1 saturated heterocycles. The minimum atomic E-state index is -0.389. The molecular weight excluding hydrogens is 115 g/mol. The van der Waals surface area contributed by atoms with Crippen molar-refractivity contribution in [2.45, 2.75) is 6.10 Å². The summed E-state index contributed by atoms with van der Waals surface area (Å²) in [6.45, 7) is 1.35. The Morgan fingerprint density at radius 2 is 2.71 bits per heavy atom. The molecule has 2 atom stereocenters. The molecule has 0 aromatic heterocycles. The van der Waals surface area contributed by atoms with Crippen molar-refractivity contribution in [1.82, 2.24) is 0 Å². The quantitative estimate of drug-likeness (QED) is 0.420. The minimum absolute atomic E-state index is 0.277. The first kappa shape index (κ1) is 5.45. The lowest BCUT2D eigenvalue weighted by Gasteiger charge is -1.89. The molecule has 0 bridgehead atoms. The van der Waals surface area contributed by atoms with Gasteiger partial charge in [-0.15, -0.1) is 0 Å². The van der Waals surface area contributed by atoms with Crippen molar-refractivity contribution in [3.8, 4) is 0 Å². The van der Waals surface area contributed by atoms with Gasteiger partial charge < -0.3 is 14.2 Å². The van der Waals surface area contributed by atoms with Gasteiger partial charge in [-0.3, -0.25) is 0 Å². The fourth-order valence-corrected chi connectivity index (χ4v) is 0.555. The molecule has 0 spiro atoms. The SMILES string of the molecule is OPOCC1CO1. The fourth-order valence-electron chi connectivity index (χ4n) is 0.294. The van der Waals surface area contributed by atoms with Gasteiger partial charge in [-0.1, -0.05) is 0 Å². The summed E-state index contributed by atoms with van der Waals surface area (Å²) in [5.74, 6) is 0. The molecule has 0 aliphatic carbocycles. The van der Waals surface area contributed by atoms with Gasteiger partial charge in [0.25, 0.3) is 0 Å². The van der Waals surface area contributed by atoms with Crippen molar-refractivity contribution >= 4 is 9.03 Å². The number of hydrogen-bond donors (Lipinski definition) is 1. The number of rotatable bonds is 3. The molecule has 1 fully saturated rings. The highest BCUT2D eigenvalue weighted by molar-refractivity contribution is 7.24. The van der Waals surface area contributed by atoms with Crippen LogP contribution in [0.3, 0.4) is 0 Å². The van der Waals surface area contributed by atoms with Crippen LogP contribution in [-0.2, 0) is 9.26 Å². The van der Waals surface area contributed by atoms with Crippen LogP contribution in [0.4, 0.5) is 0 Å². The Morgan fingerprint density at radius 3 is 3.14 bits per heavy atom. The summed E-state index contributed by atoms with van der Waals surface area (Å²) in [7, 11) is -0.389. The maximum Gasteiger partial charge on any atom is 0.152 e. The Labute approximate surface area is 43.6 Å². The molecule has 42 valence electrons. The summed E-state index contributed by atoms with van der Waals surface area (Å²) in [5.41, 5.74) is 0. The van der Waals surface area contributed by atoms with E-state index in [-0.39, 0.29) is 15.1 Å². The molecule has 1 aliphatic heterocycles. The maximum absolute atomic E-state index is 8.09. The van der Waals surface area contributed by atoms with Crippen LogP contribution in [0.25, 0.3) is 0 Å². The zero-order valence-electron chi connectivity index (χ0n) is 3.76. The topological polar surface area (TPSA) is 42.0 Å². The molecule has 0 amide bonds. The van der Waals surface area contributed by atoms with E-state index < -0.39 is 0 Å². The van der Waals surface area contributed by atoms with Gasteiger partial charge in [-0.25, -0.2) is 0 Å². The summed E-state index contributed by atoms with van der Waals surface area (Å²) in [5, 5.41) is 0. The summed E-state index contributed by atoms with van der Waals surface area (Å²) >= 11 is 0. The van der Waals surface area contributed by atoms with Crippen molar-refractivity contribution in [1.29, 1.82) is 0 Å². The molecule has 7 heavy (non-hydrogen) atoms. The van der Waals surface area contributed by atoms with Crippen molar-refractivity contribution < 1.29 is 14.2 Å². The highest BCUT2D eigenvalue weighted by Crippen LogP contribution is 2.13. The molecule has 0 aromatic rings. The van der Waals surface area contributed by atoms with Crippen LogP contribution in [0.1, 0.15) is 0 Å². The molecule has 0 aromatic carbocycles. The third-order valence-electron chi connectivity index (χ3n) is 0.736. The summed E-state index contributed by atoms with van der Waals surface area (Å²) < 4.78 is 9.39. The van der Waals surface area contributed by atoms with Crippen LogP contribution in [-0.4, -0.2) is 24.2 Å². The predicted molar refractivity (Wildman–Crippen MR) is 26.2 cm³/mol. The van der Waals surface area contributed by atoms with Crippen molar-refractivity contribution in [2.75, 3.05) is 13.2 Å². The average molecular weight is 122 g/mol. The van der Waals surface area contributed by atoms with Crippen molar-refractivity contribution in [3.05, 3.63) is 0 Å². The molecule has 0 radical (unpaired) electrons. The molecule has 1 N–H and O–H groups in total. The Kier molecular flexibility index (Phi) is 2.00. The standard InChI is InChI=1S/C3H7O3P/c4-7-6-2-3-1-5-3/h3-4,7H,1-2H2. The van der Waals surface area contributed by atoms with E-state index in [0.29, 0.717) is 6.61 Å². The molecule has 1 rings (SSSR count). The van der Waals surface area contributed by atoms with Gasteiger partial charge in [0.1, 0.15) is 6.10 Å². The second kappa shape index (κ2) is 2.58. The summed E-state index contributed by atoms with van der Waals surface area (Å²) in [4.78, 5) is 8.09. The lowest BCUT2D eigenvalue weighted by Crippen LogP contribution is -1.92. The number of ether oxygens (including phenoxy) is 1. The highest BCUT2D eigenvalue weighted by atomic mass is 31.1. The molecule has 1 aliphatic rings. The van der Waals surface area contributed by atoms with E-state index in [1.54, 1.807) is 0 Å². The van der Waals surface area contributed by atoms with Crippen molar-refractivity contribution in [2.24, 2.45) is 0 Å². The summed E-state index contributed by atoms with van der Waals surface area (Å²) in [6, 6.07) is 0. The highest BCUT2D eigenvalue weighted by Gasteiger charge is 2.21. The zero-order chi connectivity index (χ0) is 5.11. The Balaban J connectivity index is 1.80. The second-order valence-corrected chi connectivity index (χ2v) is 1.83. The smallest absolute Gasteiger partial charge is 0.152 e. The van der Waals surface area contributed by atoms with Crippen LogP contribution in [0, 0.1) is 0 Å². The summed E-state index contributed by atoms with van der Waals surface area (Å²) in [6.07, 6.45) is 0.277. The van der Waals surface area contributed by atoms with Gasteiger partial charge in [-0.2, -0.15) is 0 Å². The Morgan fingerprint density at radius 1 is 2.00 bits per heavy atom. The first-order valence-corrected chi connectivity index (χ1v) is 2.91. The van der Waals surface area contributed by atoms with Gasteiger partial charge >= 0.3 is 0 Å². The van der Waals surface area contributed by atoms with Gasteiger partial charge in [0.05, 0.1) is 13.2 Å². The van der Waals surface area contributed by atoms with E-state index in [1.807, 2.05) is 0 Å². The zero-order valence-corrected chi connectivity index (χ0v) is 4.76. The fraction of sp³-hybridized carbons (Fsp3) is 1.00. The number of hydrogen-bond acceptors (Lipinski definition) is 3. The predicted octanol–water partition coefficient (Wildman–Crippen LogP) is -0.0974. The molecule has 3 nitrogen and oxygen atoms in total. The number of epoxide rings is 1. The van der Waals surface area contributed by atoms with Crippen LogP contribution in [0.15, 0.2) is 0 Å². The van der Waals surface area contributed by atoms with Crippen molar-refractivity contribution in [3.63, 3.8) is 0 Å². The lowest BCUT2D eigenvalue weighted by molar-refractivity contribution is 0.271. The molecule has 4 heteroatoms. The van der Waals surface area contributed by atoms with Crippen LogP contribution < -0.4 is 0 Å². The second-order valence-electron chi connectivity index (χ2n) is 1.36. The Hall–Kier alpha value is 0.310. The van der Waals surface area contributed by atoms with Crippen LogP contribution >= 0.6 is 9.03 Å². The van der Waals surface area contributed by atoms with E-state index in [0.717, 1.165) is 6.61 Å². The normalized spacial score (nSPS) is 29.6. The van der Waals surface area contributed by atoms with E-state index in [9.17, 15) is 0 Å². The molecule has 0 saturated carbocycles. The lowest BCUT2D eigenvalue weighted by atomic mass is 10.5. The minimum Gasteiger partial charge on any atom is -0.371 e. The van der Waals surface area contributed by atoms with Crippen LogP contribution in [0.2, 0.25) is 0 Å².